The van der Waals surface area contributed by atoms with Crippen LogP contribution in [0.25, 0.3) is 0 Å². The molecule has 0 N–H and O–H groups in total. The van der Waals surface area contributed by atoms with Crippen LogP contribution in [-0.2, 0) is 6.42 Å². The zero-order chi connectivity index (χ0) is 14.5. The van der Waals surface area contributed by atoms with Gasteiger partial charge >= 0.3 is 0 Å². The highest BCUT2D eigenvalue weighted by atomic mass is 79.9. The van der Waals surface area contributed by atoms with Crippen molar-refractivity contribution < 1.29 is 4.74 Å². The third-order valence-corrected chi connectivity index (χ3v) is 4.62. The Kier molecular flexibility index (Phi) is 5.67. The van der Waals surface area contributed by atoms with Crippen molar-refractivity contribution >= 4 is 31.9 Å². The van der Waals surface area contributed by atoms with Crippen LogP contribution in [0.2, 0.25) is 0 Å². The van der Waals surface area contributed by atoms with E-state index in [1.807, 2.05) is 19.1 Å². The quantitative estimate of drug-likeness (QED) is 0.576. The van der Waals surface area contributed by atoms with Crippen molar-refractivity contribution in [3.05, 3.63) is 63.6 Å². The lowest BCUT2D eigenvalue weighted by Gasteiger charge is -2.14. The van der Waals surface area contributed by atoms with E-state index < -0.39 is 0 Å². The summed E-state index contributed by atoms with van der Waals surface area (Å²) >= 11 is 7.43. The predicted octanol–water partition coefficient (Wildman–Crippen LogP) is 5.83. The van der Waals surface area contributed by atoms with Gasteiger partial charge in [0.25, 0.3) is 0 Å². The molecule has 0 fully saturated rings. The van der Waals surface area contributed by atoms with Crippen molar-refractivity contribution in [3.63, 3.8) is 0 Å². The highest BCUT2D eigenvalue weighted by molar-refractivity contribution is 9.11. The van der Waals surface area contributed by atoms with E-state index in [4.69, 9.17) is 4.74 Å². The Morgan fingerprint density at radius 1 is 1.15 bits per heavy atom. The van der Waals surface area contributed by atoms with Gasteiger partial charge in [0.15, 0.2) is 0 Å². The van der Waals surface area contributed by atoms with Gasteiger partial charge in [0.05, 0.1) is 6.61 Å². The summed E-state index contributed by atoms with van der Waals surface area (Å²) in [6, 6.07) is 14.8. The summed E-state index contributed by atoms with van der Waals surface area (Å²) < 4.78 is 6.59. The maximum absolute atomic E-state index is 5.51. The summed E-state index contributed by atoms with van der Waals surface area (Å²) in [6.45, 7) is 4.80. The van der Waals surface area contributed by atoms with Crippen LogP contribution in [0.5, 0.6) is 5.75 Å². The lowest BCUT2D eigenvalue weighted by atomic mass is 10.0. The molecular formula is C17H18Br2O. The molecule has 0 aliphatic heterocycles. The first-order valence-corrected chi connectivity index (χ1v) is 8.43. The molecule has 0 bridgehead atoms. The average molecular weight is 398 g/mol. The molecule has 2 aromatic rings. The second-order valence-corrected chi connectivity index (χ2v) is 6.74. The Labute approximate surface area is 137 Å². The highest BCUT2D eigenvalue weighted by Gasteiger charge is 2.13. The van der Waals surface area contributed by atoms with Crippen molar-refractivity contribution in [2.75, 3.05) is 6.61 Å². The second-order valence-electron chi connectivity index (χ2n) is 4.78. The first kappa shape index (κ1) is 15.6. The first-order valence-electron chi connectivity index (χ1n) is 6.72. The summed E-state index contributed by atoms with van der Waals surface area (Å²) in [5.41, 5.74) is 3.88. The fraction of sp³-hybridized carbons (Fsp3) is 0.294. The summed E-state index contributed by atoms with van der Waals surface area (Å²) in [5.74, 6) is 0.901. The monoisotopic (exact) mass is 396 g/mol. The van der Waals surface area contributed by atoms with Crippen LogP contribution >= 0.6 is 31.9 Å². The van der Waals surface area contributed by atoms with Gasteiger partial charge in [-0.05, 0) is 43.5 Å². The van der Waals surface area contributed by atoms with Gasteiger partial charge in [-0.15, -0.1) is 0 Å². The summed E-state index contributed by atoms with van der Waals surface area (Å²) in [7, 11) is 0. The second kappa shape index (κ2) is 7.28. The zero-order valence-corrected chi connectivity index (χ0v) is 14.9. The largest absolute Gasteiger partial charge is 0.494 e. The van der Waals surface area contributed by atoms with Gasteiger partial charge in [-0.1, -0.05) is 67.8 Å². The molecule has 0 radical (unpaired) electrons. The number of ether oxygens (including phenoxy) is 1. The third kappa shape index (κ3) is 4.10. The Morgan fingerprint density at radius 3 is 2.60 bits per heavy atom. The minimum atomic E-state index is 0.286. The van der Waals surface area contributed by atoms with Crippen LogP contribution in [0, 0.1) is 6.92 Å². The van der Waals surface area contributed by atoms with Crippen molar-refractivity contribution in [1.82, 2.24) is 0 Å². The van der Waals surface area contributed by atoms with Crippen LogP contribution in [0.15, 0.2) is 46.9 Å². The molecular weight excluding hydrogens is 380 g/mol. The van der Waals surface area contributed by atoms with Crippen LogP contribution in [0.3, 0.4) is 0 Å². The van der Waals surface area contributed by atoms with Crippen molar-refractivity contribution in [3.8, 4) is 5.75 Å². The van der Waals surface area contributed by atoms with E-state index >= 15 is 0 Å². The molecule has 2 rings (SSSR count). The van der Waals surface area contributed by atoms with Crippen LogP contribution < -0.4 is 4.74 Å². The molecule has 1 atom stereocenters. The number of hydrogen-bond acceptors (Lipinski definition) is 1. The lowest BCUT2D eigenvalue weighted by molar-refractivity contribution is 0.340. The maximum atomic E-state index is 5.51. The van der Waals surface area contributed by atoms with Crippen molar-refractivity contribution in [2.24, 2.45) is 0 Å². The van der Waals surface area contributed by atoms with Gasteiger partial charge in [0, 0.05) is 9.30 Å². The lowest BCUT2D eigenvalue weighted by Crippen LogP contribution is -1.98. The third-order valence-electron chi connectivity index (χ3n) is 3.12. The normalized spacial score (nSPS) is 12.2. The number of hydrogen-bond donors (Lipinski definition) is 0. The number of alkyl halides is 1. The van der Waals surface area contributed by atoms with Gasteiger partial charge in [0.1, 0.15) is 5.75 Å². The highest BCUT2D eigenvalue weighted by Crippen LogP contribution is 2.34. The predicted molar refractivity (Wildman–Crippen MR) is 91.9 cm³/mol. The number of rotatable bonds is 5. The smallest absolute Gasteiger partial charge is 0.120 e. The van der Waals surface area contributed by atoms with Gasteiger partial charge in [0.2, 0.25) is 0 Å². The number of halogens is 2. The Balaban J connectivity index is 2.14. The molecule has 0 aromatic heterocycles. The topological polar surface area (TPSA) is 9.23 Å². The van der Waals surface area contributed by atoms with Gasteiger partial charge in [-0.3, -0.25) is 0 Å². The fourth-order valence-corrected chi connectivity index (χ4v) is 3.89. The van der Waals surface area contributed by atoms with Gasteiger partial charge in [-0.25, -0.2) is 0 Å². The molecule has 1 unspecified atom stereocenters. The van der Waals surface area contributed by atoms with Crippen LogP contribution in [0.4, 0.5) is 0 Å². The van der Waals surface area contributed by atoms with Crippen molar-refractivity contribution in [2.45, 2.75) is 25.1 Å². The minimum Gasteiger partial charge on any atom is -0.494 e. The fourth-order valence-electron chi connectivity index (χ4n) is 2.17. The molecule has 20 heavy (non-hydrogen) atoms. The molecule has 0 aliphatic rings. The first-order chi connectivity index (χ1) is 9.60. The molecule has 2 aromatic carbocycles. The van der Waals surface area contributed by atoms with E-state index in [-0.39, 0.29) is 4.83 Å². The van der Waals surface area contributed by atoms with Crippen LogP contribution in [-0.4, -0.2) is 6.61 Å². The Bertz CT molecular complexity index is 581. The summed E-state index contributed by atoms with van der Waals surface area (Å²) in [6.07, 6.45) is 0.967. The molecule has 0 spiro atoms. The molecule has 0 heterocycles. The van der Waals surface area contributed by atoms with E-state index in [0.717, 1.165) is 16.6 Å². The van der Waals surface area contributed by atoms with E-state index in [0.29, 0.717) is 6.61 Å². The molecule has 1 nitrogen and oxygen atoms in total. The van der Waals surface area contributed by atoms with E-state index in [1.54, 1.807) is 0 Å². The van der Waals surface area contributed by atoms with E-state index in [2.05, 4.69) is 69.1 Å². The maximum Gasteiger partial charge on any atom is 0.120 e. The standard InChI is InChI=1S/C17H18Br2O/c1-3-20-14-7-8-15(17(19)11-14)16(18)10-13-6-4-5-12(2)9-13/h4-9,11,16H,3,10H2,1-2H3. The molecule has 0 saturated heterocycles. The van der Waals surface area contributed by atoms with E-state index in [9.17, 15) is 0 Å². The molecule has 0 amide bonds. The van der Waals surface area contributed by atoms with Crippen LogP contribution in [0.1, 0.15) is 28.4 Å². The number of aryl methyl sites for hydroxylation is 1. The zero-order valence-electron chi connectivity index (χ0n) is 11.7. The summed E-state index contributed by atoms with van der Waals surface area (Å²) in [4.78, 5) is 0.286. The Morgan fingerprint density at radius 2 is 1.95 bits per heavy atom. The number of benzene rings is 2. The minimum absolute atomic E-state index is 0.286. The molecule has 106 valence electrons. The molecule has 0 saturated carbocycles. The molecule has 0 aliphatic carbocycles. The van der Waals surface area contributed by atoms with E-state index in [1.165, 1.54) is 16.7 Å². The van der Waals surface area contributed by atoms with Gasteiger partial charge in [-0.2, -0.15) is 0 Å². The molecule has 3 heteroatoms. The summed E-state index contributed by atoms with van der Waals surface area (Å²) in [5, 5.41) is 0. The van der Waals surface area contributed by atoms with Gasteiger partial charge < -0.3 is 4.74 Å². The average Bonchev–Trinajstić information content (AvgIpc) is 2.39. The Hall–Kier alpha value is -0.800. The van der Waals surface area contributed by atoms with Crippen molar-refractivity contribution in [1.29, 1.82) is 0 Å². The SMILES string of the molecule is CCOc1ccc(C(Br)Cc2cccc(C)c2)c(Br)c1.